The second-order valence-corrected chi connectivity index (χ2v) is 6.33. The zero-order valence-corrected chi connectivity index (χ0v) is 13.7. The maximum atomic E-state index is 12.6. The highest BCUT2D eigenvalue weighted by Crippen LogP contribution is 2.31. The van der Waals surface area contributed by atoms with E-state index in [1.807, 2.05) is 6.92 Å². The number of fused-ring (bicyclic) bond motifs is 1. The van der Waals surface area contributed by atoms with Gasteiger partial charge in [-0.3, -0.25) is 9.59 Å². The molecule has 1 aromatic carbocycles. The fourth-order valence-electron chi connectivity index (χ4n) is 2.61. The van der Waals surface area contributed by atoms with Crippen LogP contribution < -0.4 is 0 Å². The Morgan fingerprint density at radius 2 is 2.09 bits per heavy atom. The summed E-state index contributed by atoms with van der Waals surface area (Å²) in [7, 11) is 1.75. The van der Waals surface area contributed by atoms with Crippen LogP contribution in [0.15, 0.2) is 18.2 Å². The lowest BCUT2D eigenvalue weighted by molar-refractivity contribution is -0.136. The van der Waals surface area contributed by atoms with Crippen LogP contribution in [0.5, 0.6) is 0 Å². The largest absolute Gasteiger partial charge is 0.350 e. The molecule has 0 spiro atoms. The van der Waals surface area contributed by atoms with E-state index in [0.29, 0.717) is 27.7 Å². The first-order chi connectivity index (χ1) is 10.4. The molecule has 0 bridgehead atoms. The molecule has 2 aromatic rings. The molecule has 1 aromatic heterocycles. The van der Waals surface area contributed by atoms with Crippen molar-refractivity contribution in [3.8, 4) is 0 Å². The van der Waals surface area contributed by atoms with E-state index in [-0.39, 0.29) is 24.4 Å². The van der Waals surface area contributed by atoms with Gasteiger partial charge in [-0.05, 0) is 25.1 Å². The normalized spacial score (nSPS) is 19.1. The maximum absolute atomic E-state index is 12.6. The fraction of sp³-hybridized carbons (Fsp3) is 0.333. The number of H-pyrrole nitrogens is 1. The second-order valence-electron chi connectivity index (χ2n) is 5.54. The number of aromatic amines is 1. The molecular weight excluding hydrogens is 325 g/mol. The molecule has 2 amide bonds. The molecule has 1 aliphatic heterocycles. The lowest BCUT2D eigenvalue weighted by atomic mass is 10.2. The monoisotopic (exact) mass is 339 g/mol. The third kappa shape index (κ3) is 2.44. The Kier molecular flexibility index (Phi) is 3.78. The van der Waals surface area contributed by atoms with Gasteiger partial charge in [-0.15, -0.1) is 0 Å². The molecule has 22 heavy (non-hydrogen) atoms. The van der Waals surface area contributed by atoms with Crippen LogP contribution >= 0.6 is 23.2 Å². The van der Waals surface area contributed by atoms with Gasteiger partial charge in [-0.2, -0.15) is 0 Å². The highest BCUT2D eigenvalue weighted by atomic mass is 35.5. The Bertz CT molecular complexity index is 771. The second kappa shape index (κ2) is 5.48. The van der Waals surface area contributed by atoms with Gasteiger partial charge in [-0.1, -0.05) is 23.2 Å². The first-order valence-corrected chi connectivity index (χ1v) is 7.65. The summed E-state index contributed by atoms with van der Waals surface area (Å²) in [4.78, 5) is 30.8. The van der Waals surface area contributed by atoms with E-state index in [4.69, 9.17) is 23.2 Å². The maximum Gasteiger partial charge on any atom is 0.270 e. The van der Waals surface area contributed by atoms with Crippen LogP contribution in [0.1, 0.15) is 17.4 Å². The highest BCUT2D eigenvalue weighted by molar-refractivity contribution is 6.45. The SMILES string of the molecule is CC1CN(C(=O)c2cc3c(Cl)c(Cl)ccc3[nH]2)CC(=O)N1C. The number of piperazine rings is 1. The number of rotatable bonds is 1. The number of amides is 2. The van der Waals surface area contributed by atoms with Crippen molar-refractivity contribution in [3.05, 3.63) is 33.9 Å². The van der Waals surface area contributed by atoms with Gasteiger partial charge in [-0.25, -0.2) is 0 Å². The minimum atomic E-state index is -0.211. The molecule has 7 heteroatoms. The van der Waals surface area contributed by atoms with Crippen LogP contribution in [0.2, 0.25) is 10.0 Å². The Balaban J connectivity index is 1.92. The lowest BCUT2D eigenvalue weighted by Crippen LogP contribution is -2.55. The van der Waals surface area contributed by atoms with E-state index >= 15 is 0 Å². The number of nitrogens with zero attached hydrogens (tertiary/aromatic N) is 2. The molecule has 0 radical (unpaired) electrons. The Labute approximate surface area is 137 Å². The quantitative estimate of drug-likeness (QED) is 0.868. The van der Waals surface area contributed by atoms with E-state index < -0.39 is 0 Å². The number of nitrogens with one attached hydrogen (secondary N) is 1. The zero-order chi connectivity index (χ0) is 16.0. The molecule has 0 saturated carbocycles. The molecule has 2 heterocycles. The molecule has 1 saturated heterocycles. The number of aromatic nitrogens is 1. The van der Waals surface area contributed by atoms with Crippen molar-refractivity contribution in [2.24, 2.45) is 0 Å². The van der Waals surface area contributed by atoms with Gasteiger partial charge >= 0.3 is 0 Å². The van der Waals surface area contributed by atoms with Crippen LogP contribution in [0.25, 0.3) is 10.9 Å². The smallest absolute Gasteiger partial charge is 0.270 e. The van der Waals surface area contributed by atoms with Crippen LogP contribution in [0, 0.1) is 0 Å². The Morgan fingerprint density at radius 3 is 2.77 bits per heavy atom. The third-order valence-electron chi connectivity index (χ3n) is 4.07. The summed E-state index contributed by atoms with van der Waals surface area (Å²) in [6.07, 6.45) is 0. The molecule has 116 valence electrons. The topological polar surface area (TPSA) is 56.4 Å². The summed E-state index contributed by atoms with van der Waals surface area (Å²) in [6, 6.07) is 5.13. The number of hydrogen-bond acceptors (Lipinski definition) is 2. The van der Waals surface area contributed by atoms with Crippen molar-refractivity contribution in [2.75, 3.05) is 20.1 Å². The summed E-state index contributed by atoms with van der Waals surface area (Å²) < 4.78 is 0. The van der Waals surface area contributed by atoms with Crippen LogP contribution in [-0.4, -0.2) is 52.8 Å². The summed E-state index contributed by atoms with van der Waals surface area (Å²) >= 11 is 12.1. The zero-order valence-electron chi connectivity index (χ0n) is 12.2. The number of carbonyl (C=O) groups is 2. The standard InChI is InChI=1S/C15H15Cl2N3O2/c1-8-6-20(7-13(21)19(8)2)15(22)12-5-9-11(18-12)4-3-10(16)14(9)17/h3-5,8,18H,6-7H2,1-2H3. The van der Waals surface area contributed by atoms with Gasteiger partial charge in [0.2, 0.25) is 5.91 Å². The van der Waals surface area contributed by atoms with E-state index in [1.54, 1.807) is 35.0 Å². The van der Waals surface area contributed by atoms with Gasteiger partial charge in [0.15, 0.2) is 0 Å². The predicted molar refractivity (Wildman–Crippen MR) is 86.5 cm³/mol. The molecule has 3 rings (SSSR count). The van der Waals surface area contributed by atoms with Crippen LogP contribution in [0.4, 0.5) is 0 Å². The van der Waals surface area contributed by atoms with Crippen molar-refractivity contribution in [3.63, 3.8) is 0 Å². The third-order valence-corrected chi connectivity index (χ3v) is 4.89. The van der Waals surface area contributed by atoms with Gasteiger partial charge in [0.25, 0.3) is 5.91 Å². The Morgan fingerprint density at radius 1 is 1.36 bits per heavy atom. The summed E-state index contributed by atoms with van der Waals surface area (Å²) in [6.45, 7) is 2.51. The van der Waals surface area contributed by atoms with Crippen molar-refractivity contribution in [1.29, 1.82) is 0 Å². The minimum absolute atomic E-state index is 0.00684. The minimum Gasteiger partial charge on any atom is -0.350 e. The first-order valence-electron chi connectivity index (χ1n) is 6.90. The fourth-order valence-corrected chi connectivity index (χ4v) is 2.99. The molecule has 1 N–H and O–H groups in total. The molecule has 5 nitrogen and oxygen atoms in total. The van der Waals surface area contributed by atoms with E-state index in [1.165, 1.54) is 0 Å². The van der Waals surface area contributed by atoms with Gasteiger partial charge in [0, 0.05) is 30.5 Å². The van der Waals surface area contributed by atoms with Crippen molar-refractivity contribution < 1.29 is 9.59 Å². The molecule has 1 fully saturated rings. The van der Waals surface area contributed by atoms with Gasteiger partial charge < -0.3 is 14.8 Å². The number of halogens is 2. The Hall–Kier alpha value is -1.72. The summed E-state index contributed by atoms with van der Waals surface area (Å²) in [5.41, 5.74) is 1.15. The van der Waals surface area contributed by atoms with Crippen molar-refractivity contribution in [1.82, 2.24) is 14.8 Å². The lowest BCUT2D eigenvalue weighted by Gasteiger charge is -2.37. The van der Waals surface area contributed by atoms with E-state index in [0.717, 1.165) is 5.52 Å². The average molecular weight is 340 g/mol. The average Bonchev–Trinajstić information content (AvgIpc) is 2.92. The predicted octanol–water partition coefficient (Wildman–Crippen LogP) is 2.78. The molecule has 1 unspecified atom stereocenters. The van der Waals surface area contributed by atoms with Crippen LogP contribution in [0.3, 0.4) is 0 Å². The van der Waals surface area contributed by atoms with Gasteiger partial charge in [0.05, 0.1) is 10.0 Å². The van der Waals surface area contributed by atoms with E-state index in [2.05, 4.69) is 4.98 Å². The number of carbonyl (C=O) groups excluding carboxylic acids is 2. The number of benzene rings is 1. The summed E-state index contributed by atoms with van der Waals surface area (Å²) in [5.74, 6) is -0.277. The van der Waals surface area contributed by atoms with E-state index in [9.17, 15) is 9.59 Å². The molecule has 0 aliphatic carbocycles. The van der Waals surface area contributed by atoms with Crippen LogP contribution in [-0.2, 0) is 4.79 Å². The summed E-state index contributed by atoms with van der Waals surface area (Å²) in [5, 5.41) is 1.55. The first kappa shape index (κ1) is 15.2. The number of likely N-dealkylation sites (N-methyl/N-ethyl adjacent to an activating group) is 1. The van der Waals surface area contributed by atoms with Gasteiger partial charge in [0.1, 0.15) is 12.2 Å². The highest BCUT2D eigenvalue weighted by Gasteiger charge is 2.31. The molecular formula is C15H15Cl2N3O2. The molecule has 1 aliphatic rings. The van der Waals surface area contributed by atoms with Crippen molar-refractivity contribution in [2.45, 2.75) is 13.0 Å². The number of hydrogen-bond donors (Lipinski definition) is 1. The van der Waals surface area contributed by atoms with Crippen molar-refractivity contribution >= 4 is 45.9 Å². The molecule has 1 atom stereocenters.